The molecule has 2 aliphatic carbocycles. The highest BCUT2D eigenvalue weighted by atomic mass is 16.2. The van der Waals surface area contributed by atoms with E-state index in [2.05, 4.69) is 10.6 Å². The van der Waals surface area contributed by atoms with Gasteiger partial charge in [-0.2, -0.15) is 0 Å². The zero-order chi connectivity index (χ0) is 14.3. The monoisotopic (exact) mass is 279 g/mol. The normalized spacial score (nSPS) is 33.5. The predicted octanol–water partition coefficient (Wildman–Crippen LogP) is 0.766. The molecule has 1 aliphatic heterocycles. The van der Waals surface area contributed by atoms with Crippen molar-refractivity contribution >= 4 is 17.8 Å². The molecule has 2 saturated carbocycles. The van der Waals surface area contributed by atoms with Gasteiger partial charge in [-0.15, -0.1) is 0 Å². The maximum absolute atomic E-state index is 12.6. The quantitative estimate of drug-likeness (QED) is 0.749. The van der Waals surface area contributed by atoms with Gasteiger partial charge in [0.2, 0.25) is 5.91 Å². The summed E-state index contributed by atoms with van der Waals surface area (Å²) < 4.78 is 0. The SMILES string of the molecule is C[C@@H]1CCCC[C@@]12NC(=O)N(CC(=O)NC1CC1)C2=O. The summed E-state index contributed by atoms with van der Waals surface area (Å²) in [6.45, 7) is 1.85. The first-order valence-electron chi connectivity index (χ1n) is 7.46. The lowest BCUT2D eigenvalue weighted by atomic mass is 9.73. The number of nitrogens with zero attached hydrogens (tertiary/aromatic N) is 1. The van der Waals surface area contributed by atoms with Gasteiger partial charge in [0.25, 0.3) is 5.91 Å². The second-order valence-corrected chi connectivity index (χ2v) is 6.28. The molecule has 110 valence electrons. The molecular weight excluding hydrogens is 258 g/mol. The standard InChI is InChI=1S/C14H21N3O3/c1-9-4-2-3-7-14(9)12(19)17(13(20)16-14)8-11(18)15-10-5-6-10/h9-10H,2-8H2,1H3,(H,15,18)(H,16,20)/t9-,14-/m1/s1. The first-order chi connectivity index (χ1) is 9.53. The number of carbonyl (C=O) groups is 3. The van der Waals surface area contributed by atoms with Gasteiger partial charge in [0.05, 0.1) is 0 Å². The number of amides is 4. The molecule has 3 aliphatic rings. The molecule has 1 heterocycles. The van der Waals surface area contributed by atoms with Crippen LogP contribution in [0.15, 0.2) is 0 Å². The Kier molecular flexibility index (Phi) is 3.18. The molecule has 6 heteroatoms. The number of urea groups is 1. The lowest BCUT2D eigenvalue weighted by Gasteiger charge is -2.36. The molecule has 4 amide bonds. The van der Waals surface area contributed by atoms with E-state index < -0.39 is 11.6 Å². The van der Waals surface area contributed by atoms with Crippen LogP contribution in [-0.4, -0.2) is 40.9 Å². The molecule has 2 atom stereocenters. The lowest BCUT2D eigenvalue weighted by Crippen LogP contribution is -2.54. The van der Waals surface area contributed by atoms with Crippen molar-refractivity contribution in [1.82, 2.24) is 15.5 Å². The number of imide groups is 1. The van der Waals surface area contributed by atoms with Crippen molar-refractivity contribution in [2.75, 3.05) is 6.54 Å². The van der Waals surface area contributed by atoms with Crippen molar-refractivity contribution < 1.29 is 14.4 Å². The van der Waals surface area contributed by atoms with Crippen LogP contribution >= 0.6 is 0 Å². The topological polar surface area (TPSA) is 78.5 Å². The molecule has 20 heavy (non-hydrogen) atoms. The van der Waals surface area contributed by atoms with Crippen LogP contribution in [0.2, 0.25) is 0 Å². The van der Waals surface area contributed by atoms with Crippen LogP contribution in [0.25, 0.3) is 0 Å². The van der Waals surface area contributed by atoms with E-state index in [1.807, 2.05) is 6.92 Å². The molecule has 2 N–H and O–H groups in total. The van der Waals surface area contributed by atoms with Crippen LogP contribution < -0.4 is 10.6 Å². The van der Waals surface area contributed by atoms with E-state index in [0.29, 0.717) is 6.42 Å². The fourth-order valence-corrected chi connectivity index (χ4v) is 3.28. The highest BCUT2D eigenvalue weighted by Crippen LogP contribution is 2.38. The van der Waals surface area contributed by atoms with Crippen molar-refractivity contribution in [1.29, 1.82) is 0 Å². The molecule has 0 bridgehead atoms. The highest BCUT2D eigenvalue weighted by Gasteiger charge is 2.55. The number of rotatable bonds is 3. The van der Waals surface area contributed by atoms with E-state index in [1.54, 1.807) is 0 Å². The van der Waals surface area contributed by atoms with Crippen LogP contribution in [0.4, 0.5) is 4.79 Å². The zero-order valence-corrected chi connectivity index (χ0v) is 11.8. The van der Waals surface area contributed by atoms with Crippen molar-refractivity contribution in [2.45, 2.75) is 57.0 Å². The fourth-order valence-electron chi connectivity index (χ4n) is 3.28. The van der Waals surface area contributed by atoms with Crippen molar-refractivity contribution in [3.05, 3.63) is 0 Å². The molecule has 0 aromatic heterocycles. The lowest BCUT2D eigenvalue weighted by molar-refractivity contribution is -0.137. The molecule has 0 unspecified atom stereocenters. The molecule has 1 saturated heterocycles. The Balaban J connectivity index is 1.70. The minimum absolute atomic E-state index is 0.129. The highest BCUT2D eigenvalue weighted by molar-refractivity contribution is 6.09. The summed E-state index contributed by atoms with van der Waals surface area (Å²) in [5, 5.41) is 5.66. The van der Waals surface area contributed by atoms with Gasteiger partial charge in [-0.1, -0.05) is 19.8 Å². The molecule has 0 aromatic rings. The van der Waals surface area contributed by atoms with E-state index in [1.165, 1.54) is 0 Å². The fraction of sp³-hybridized carbons (Fsp3) is 0.786. The zero-order valence-electron chi connectivity index (χ0n) is 11.8. The van der Waals surface area contributed by atoms with Crippen LogP contribution in [0.3, 0.4) is 0 Å². The predicted molar refractivity (Wildman–Crippen MR) is 71.8 cm³/mol. The van der Waals surface area contributed by atoms with Crippen molar-refractivity contribution in [3.63, 3.8) is 0 Å². The van der Waals surface area contributed by atoms with Gasteiger partial charge in [-0.3, -0.25) is 14.5 Å². The van der Waals surface area contributed by atoms with E-state index in [9.17, 15) is 14.4 Å². The Morgan fingerprint density at radius 2 is 2.10 bits per heavy atom. The van der Waals surface area contributed by atoms with Gasteiger partial charge in [0.15, 0.2) is 0 Å². The van der Waals surface area contributed by atoms with E-state index in [-0.39, 0.29) is 30.3 Å². The maximum Gasteiger partial charge on any atom is 0.325 e. The third-order valence-electron chi connectivity index (χ3n) is 4.75. The van der Waals surface area contributed by atoms with Crippen LogP contribution in [-0.2, 0) is 9.59 Å². The van der Waals surface area contributed by atoms with Gasteiger partial charge in [-0.05, 0) is 31.6 Å². The summed E-state index contributed by atoms with van der Waals surface area (Å²) in [6.07, 6.45) is 5.64. The van der Waals surface area contributed by atoms with Crippen LogP contribution in [0.5, 0.6) is 0 Å². The van der Waals surface area contributed by atoms with Crippen LogP contribution in [0, 0.1) is 5.92 Å². The van der Waals surface area contributed by atoms with Crippen molar-refractivity contribution in [2.24, 2.45) is 5.92 Å². The molecule has 0 aromatic carbocycles. The van der Waals surface area contributed by atoms with E-state index in [4.69, 9.17) is 0 Å². The summed E-state index contributed by atoms with van der Waals surface area (Å²) >= 11 is 0. The smallest absolute Gasteiger partial charge is 0.325 e. The van der Waals surface area contributed by atoms with Gasteiger partial charge in [0, 0.05) is 6.04 Å². The molecule has 0 radical (unpaired) electrons. The third-order valence-corrected chi connectivity index (χ3v) is 4.75. The summed E-state index contributed by atoms with van der Waals surface area (Å²) in [5.74, 6) is -0.332. The maximum atomic E-state index is 12.6. The summed E-state index contributed by atoms with van der Waals surface area (Å²) in [4.78, 5) is 37.5. The average molecular weight is 279 g/mol. The van der Waals surface area contributed by atoms with Gasteiger partial charge >= 0.3 is 6.03 Å². The Morgan fingerprint density at radius 3 is 2.75 bits per heavy atom. The molecular formula is C14H21N3O3. The number of nitrogens with one attached hydrogen (secondary N) is 2. The van der Waals surface area contributed by atoms with Gasteiger partial charge in [-0.25, -0.2) is 4.79 Å². The van der Waals surface area contributed by atoms with E-state index in [0.717, 1.165) is 37.0 Å². The Bertz CT molecular complexity index is 461. The first kappa shape index (κ1) is 13.4. The molecule has 3 rings (SSSR count). The first-order valence-corrected chi connectivity index (χ1v) is 7.46. The van der Waals surface area contributed by atoms with Crippen LogP contribution in [0.1, 0.15) is 45.4 Å². The molecule has 3 fully saturated rings. The Morgan fingerprint density at radius 1 is 1.35 bits per heavy atom. The summed E-state index contributed by atoms with van der Waals surface area (Å²) in [6, 6.07) is -0.180. The molecule has 6 nitrogen and oxygen atoms in total. The van der Waals surface area contributed by atoms with Crippen molar-refractivity contribution in [3.8, 4) is 0 Å². The number of hydrogen-bond acceptors (Lipinski definition) is 3. The summed E-state index contributed by atoms with van der Waals surface area (Å²) in [7, 11) is 0. The van der Waals surface area contributed by atoms with Gasteiger partial charge < -0.3 is 10.6 Å². The second-order valence-electron chi connectivity index (χ2n) is 6.28. The minimum Gasteiger partial charge on any atom is -0.352 e. The summed E-state index contributed by atoms with van der Waals surface area (Å²) in [5.41, 5.74) is -0.769. The largest absolute Gasteiger partial charge is 0.352 e. The second kappa shape index (κ2) is 4.75. The van der Waals surface area contributed by atoms with Gasteiger partial charge in [0.1, 0.15) is 12.1 Å². The number of carbonyl (C=O) groups excluding carboxylic acids is 3. The third kappa shape index (κ3) is 2.17. The Labute approximate surface area is 118 Å². The number of hydrogen-bond donors (Lipinski definition) is 2. The van der Waals surface area contributed by atoms with E-state index >= 15 is 0 Å². The average Bonchev–Trinajstić information content (AvgIpc) is 3.17. The Hall–Kier alpha value is -1.59. The molecule has 1 spiro atoms. The minimum atomic E-state index is -0.769.